The topological polar surface area (TPSA) is 38.8 Å². The molecule has 1 aliphatic rings. The molecule has 0 saturated carbocycles. The molecule has 0 aromatic heterocycles. The zero-order valence-corrected chi connectivity index (χ0v) is 14.2. The number of rotatable bonds is 7. The monoisotopic (exact) mass is 341 g/mol. The molecule has 1 saturated heterocycles. The van der Waals surface area contributed by atoms with E-state index in [9.17, 15) is 13.6 Å². The molecule has 0 unspecified atom stereocenters. The smallest absolute Gasteiger partial charge is 0.310 e. The first kappa shape index (κ1) is 18.8. The Morgan fingerprint density at radius 2 is 2.21 bits per heavy atom. The van der Waals surface area contributed by atoms with Crippen LogP contribution < -0.4 is 0 Å². The Morgan fingerprint density at radius 1 is 1.42 bits per heavy atom. The minimum Gasteiger partial charge on any atom is -0.463 e. The maximum Gasteiger partial charge on any atom is 0.310 e. The summed E-state index contributed by atoms with van der Waals surface area (Å²) in [6.45, 7) is 7.78. The number of nitrogens with zero attached hydrogens (tertiary/aromatic N) is 1. The third-order valence-corrected chi connectivity index (χ3v) is 3.83. The van der Waals surface area contributed by atoms with Gasteiger partial charge in [-0.15, -0.1) is 0 Å². The largest absolute Gasteiger partial charge is 0.463 e. The summed E-state index contributed by atoms with van der Waals surface area (Å²) in [6, 6.07) is 5.86. The lowest BCUT2D eigenvalue weighted by atomic mass is 10.1. The molecule has 0 radical (unpaired) electrons. The first-order chi connectivity index (χ1) is 11.4. The fourth-order valence-electron chi connectivity index (χ4n) is 2.81. The number of hydrogen-bond donors (Lipinski definition) is 0. The highest BCUT2D eigenvalue weighted by Gasteiger charge is 2.22. The van der Waals surface area contributed by atoms with E-state index in [0.29, 0.717) is 18.1 Å². The lowest BCUT2D eigenvalue weighted by Gasteiger charge is -2.33. The predicted molar refractivity (Wildman–Crippen MR) is 87.1 cm³/mol. The van der Waals surface area contributed by atoms with Gasteiger partial charge >= 0.3 is 5.97 Å². The van der Waals surface area contributed by atoms with Crippen LogP contribution in [0.2, 0.25) is 0 Å². The van der Waals surface area contributed by atoms with Crippen LogP contribution in [-0.4, -0.2) is 49.8 Å². The number of morpholine rings is 1. The van der Waals surface area contributed by atoms with Crippen LogP contribution in [0.25, 0.3) is 0 Å². The summed E-state index contributed by atoms with van der Waals surface area (Å²) in [5.41, 5.74) is 0.448. The molecule has 0 aliphatic carbocycles. The van der Waals surface area contributed by atoms with Crippen molar-refractivity contribution in [3.05, 3.63) is 35.4 Å². The molecule has 0 spiro atoms. The minimum absolute atomic E-state index is 0.0109. The van der Waals surface area contributed by atoms with Gasteiger partial charge in [-0.05, 0) is 17.5 Å². The van der Waals surface area contributed by atoms with E-state index in [4.69, 9.17) is 9.47 Å². The van der Waals surface area contributed by atoms with E-state index in [1.54, 1.807) is 6.07 Å². The second-order valence-corrected chi connectivity index (χ2v) is 6.55. The molecule has 1 atom stereocenters. The predicted octanol–water partition coefficient (Wildman–Crippen LogP) is 3.07. The molecule has 1 aromatic rings. The zero-order valence-electron chi connectivity index (χ0n) is 14.2. The molecule has 1 fully saturated rings. The van der Waals surface area contributed by atoms with Crippen molar-refractivity contribution in [2.45, 2.75) is 32.8 Å². The number of ether oxygens (including phenoxy) is 2. The Morgan fingerprint density at radius 3 is 2.92 bits per heavy atom. The van der Waals surface area contributed by atoms with E-state index < -0.39 is 12.4 Å². The number of alkyl halides is 2. The second-order valence-electron chi connectivity index (χ2n) is 6.55. The van der Waals surface area contributed by atoms with Gasteiger partial charge in [0.1, 0.15) is 12.7 Å². The maximum atomic E-state index is 12.7. The molecule has 1 heterocycles. The Hall–Kier alpha value is -1.53. The molecule has 6 heteroatoms. The summed E-state index contributed by atoms with van der Waals surface area (Å²) in [7, 11) is 0. The fourth-order valence-corrected chi connectivity index (χ4v) is 2.81. The first-order valence-corrected chi connectivity index (χ1v) is 8.30. The lowest BCUT2D eigenvalue weighted by Crippen LogP contribution is -2.45. The van der Waals surface area contributed by atoms with Crippen LogP contribution in [0, 0.1) is 5.92 Å². The number of halogens is 2. The van der Waals surface area contributed by atoms with E-state index in [2.05, 4.69) is 18.7 Å². The van der Waals surface area contributed by atoms with Crippen molar-refractivity contribution in [3.8, 4) is 0 Å². The molecule has 1 aromatic carbocycles. The van der Waals surface area contributed by atoms with E-state index in [-0.39, 0.29) is 24.7 Å². The molecular formula is C18H25F2NO3. The van der Waals surface area contributed by atoms with Crippen molar-refractivity contribution in [1.29, 1.82) is 0 Å². The third-order valence-electron chi connectivity index (χ3n) is 3.83. The van der Waals surface area contributed by atoms with Crippen molar-refractivity contribution in [2.24, 2.45) is 5.92 Å². The number of esters is 1. The van der Waals surface area contributed by atoms with Gasteiger partial charge in [-0.2, -0.15) is 0 Å². The highest BCUT2D eigenvalue weighted by molar-refractivity contribution is 5.72. The molecule has 0 N–H and O–H groups in total. The van der Waals surface area contributed by atoms with E-state index in [0.717, 1.165) is 19.6 Å². The fraction of sp³-hybridized carbons (Fsp3) is 0.611. The van der Waals surface area contributed by atoms with Crippen molar-refractivity contribution in [3.63, 3.8) is 0 Å². The normalized spacial score (nSPS) is 19.0. The van der Waals surface area contributed by atoms with Gasteiger partial charge in [-0.1, -0.05) is 32.0 Å². The second kappa shape index (κ2) is 9.08. The zero-order chi connectivity index (χ0) is 17.5. The summed E-state index contributed by atoms with van der Waals surface area (Å²) >= 11 is 0. The minimum atomic E-state index is -2.54. The highest BCUT2D eigenvalue weighted by atomic mass is 19.3. The van der Waals surface area contributed by atoms with Crippen LogP contribution in [0.1, 0.15) is 31.4 Å². The number of carbonyl (C=O) groups excluding carboxylic acids is 1. The van der Waals surface area contributed by atoms with Gasteiger partial charge < -0.3 is 9.47 Å². The first-order valence-electron chi connectivity index (χ1n) is 8.30. The Kier molecular flexibility index (Phi) is 7.12. The molecule has 24 heavy (non-hydrogen) atoms. The van der Waals surface area contributed by atoms with Gasteiger partial charge in [0.15, 0.2) is 0 Å². The number of carbonyl (C=O) groups is 1. The summed E-state index contributed by atoms with van der Waals surface area (Å²) in [5.74, 6) is 0.152. The molecule has 0 amide bonds. The Balaban J connectivity index is 1.77. The quantitative estimate of drug-likeness (QED) is 0.715. The van der Waals surface area contributed by atoms with Crippen LogP contribution in [0.15, 0.2) is 24.3 Å². The van der Waals surface area contributed by atoms with Crippen LogP contribution in [-0.2, 0) is 20.7 Å². The van der Waals surface area contributed by atoms with Crippen LogP contribution in [0.4, 0.5) is 8.78 Å². The Bertz CT molecular complexity index is 537. The number of benzene rings is 1. The van der Waals surface area contributed by atoms with Crippen LogP contribution >= 0.6 is 0 Å². The maximum absolute atomic E-state index is 12.7. The summed E-state index contributed by atoms with van der Waals surface area (Å²) in [5, 5.41) is 0. The molecule has 2 rings (SSSR count). The van der Waals surface area contributed by atoms with Gasteiger partial charge in [0.2, 0.25) is 0 Å². The van der Waals surface area contributed by atoms with Crippen molar-refractivity contribution in [1.82, 2.24) is 4.90 Å². The van der Waals surface area contributed by atoms with Crippen LogP contribution in [0.3, 0.4) is 0 Å². The van der Waals surface area contributed by atoms with E-state index in [1.807, 2.05) is 0 Å². The third kappa shape index (κ3) is 6.17. The van der Waals surface area contributed by atoms with Crippen LogP contribution in [0.5, 0.6) is 0 Å². The van der Waals surface area contributed by atoms with Gasteiger partial charge in [-0.25, -0.2) is 8.78 Å². The van der Waals surface area contributed by atoms with Crippen molar-refractivity contribution < 1.29 is 23.0 Å². The number of hydrogen-bond acceptors (Lipinski definition) is 4. The van der Waals surface area contributed by atoms with Gasteiger partial charge in [0.25, 0.3) is 6.43 Å². The SMILES string of the molecule is CC(C)CN1CCO[C@H](COC(=O)Cc2cccc(C(F)F)c2)C1. The van der Waals surface area contributed by atoms with Gasteiger partial charge in [0, 0.05) is 25.2 Å². The highest BCUT2D eigenvalue weighted by Crippen LogP contribution is 2.19. The van der Waals surface area contributed by atoms with E-state index in [1.165, 1.54) is 18.2 Å². The Labute approximate surface area is 141 Å². The molecule has 4 nitrogen and oxygen atoms in total. The van der Waals surface area contributed by atoms with Crippen molar-refractivity contribution >= 4 is 5.97 Å². The van der Waals surface area contributed by atoms with Gasteiger partial charge in [0.05, 0.1) is 13.0 Å². The lowest BCUT2D eigenvalue weighted by molar-refractivity contribution is -0.149. The molecule has 0 bridgehead atoms. The average molecular weight is 341 g/mol. The average Bonchev–Trinajstić information content (AvgIpc) is 2.53. The molecular weight excluding hydrogens is 316 g/mol. The standard InChI is InChI=1S/C18H25F2NO3/c1-13(2)10-21-6-7-23-16(11-21)12-24-17(22)9-14-4-3-5-15(8-14)18(19)20/h3-5,8,13,16,18H,6-7,9-12H2,1-2H3/t16-/m0/s1. The van der Waals surface area contributed by atoms with Gasteiger partial charge in [-0.3, -0.25) is 9.69 Å². The molecule has 1 aliphatic heterocycles. The van der Waals surface area contributed by atoms with Crippen molar-refractivity contribution in [2.75, 3.05) is 32.8 Å². The van der Waals surface area contributed by atoms with E-state index >= 15 is 0 Å². The summed E-state index contributed by atoms with van der Waals surface area (Å²) in [6.07, 6.45) is -2.68. The molecule has 134 valence electrons. The summed E-state index contributed by atoms with van der Waals surface area (Å²) < 4.78 is 36.2. The summed E-state index contributed by atoms with van der Waals surface area (Å²) in [4.78, 5) is 14.2.